The lowest BCUT2D eigenvalue weighted by Crippen LogP contribution is -2.23. The molecule has 0 heterocycles. The van der Waals surface area contributed by atoms with Gasteiger partial charge in [0.1, 0.15) is 12.8 Å². The van der Waals surface area contributed by atoms with E-state index in [1.54, 1.807) is 0 Å². The molecule has 102 valence electrons. The predicted octanol–water partition coefficient (Wildman–Crippen LogP) is 3.57. The van der Waals surface area contributed by atoms with Gasteiger partial charge in [0.15, 0.2) is 11.6 Å². The van der Waals surface area contributed by atoms with E-state index in [0.29, 0.717) is 18.4 Å². The molecular formula is C14H20F2O2. The number of aliphatic hydroxyl groups is 1. The normalized spacial score (nSPS) is 13.4. The predicted molar refractivity (Wildman–Crippen MR) is 66.9 cm³/mol. The molecule has 0 spiro atoms. The van der Waals surface area contributed by atoms with Crippen molar-refractivity contribution in [3.8, 4) is 5.75 Å². The minimum atomic E-state index is -1.16. The topological polar surface area (TPSA) is 29.5 Å². The lowest BCUT2D eigenvalue weighted by atomic mass is 9.88. The average molecular weight is 258 g/mol. The van der Waals surface area contributed by atoms with Gasteiger partial charge in [-0.3, -0.25) is 0 Å². The fraction of sp³-hybridized carbons (Fsp3) is 0.571. The van der Waals surface area contributed by atoms with Crippen molar-refractivity contribution in [1.82, 2.24) is 0 Å². The summed E-state index contributed by atoms with van der Waals surface area (Å²) in [5.74, 6) is -0.564. The summed E-state index contributed by atoms with van der Waals surface area (Å²) in [6.07, 6.45) is -0.119. The minimum absolute atomic E-state index is 0.0164. The zero-order valence-corrected chi connectivity index (χ0v) is 11.0. The molecule has 0 saturated carbocycles. The standard InChI is InChI=1S/C14H20F2O2/c1-4-14(17,5-2)11-6-7-12(16)13(8-11)18-9-10(3)15/h6-8,10,17H,4-5,9H2,1-3H3. The Labute approximate surface area is 107 Å². The van der Waals surface area contributed by atoms with Gasteiger partial charge in [0.05, 0.1) is 5.60 Å². The quantitative estimate of drug-likeness (QED) is 0.845. The van der Waals surface area contributed by atoms with Crippen LogP contribution in [-0.4, -0.2) is 17.9 Å². The van der Waals surface area contributed by atoms with Crippen LogP contribution in [0.5, 0.6) is 5.75 Å². The van der Waals surface area contributed by atoms with Crippen LogP contribution in [0.3, 0.4) is 0 Å². The van der Waals surface area contributed by atoms with E-state index in [4.69, 9.17) is 4.74 Å². The third kappa shape index (κ3) is 3.42. The maximum atomic E-state index is 13.5. The van der Waals surface area contributed by atoms with E-state index in [1.807, 2.05) is 13.8 Å². The molecule has 4 heteroatoms. The van der Waals surface area contributed by atoms with Crippen LogP contribution < -0.4 is 4.74 Å². The van der Waals surface area contributed by atoms with Crippen molar-refractivity contribution < 1.29 is 18.6 Å². The third-order valence-electron chi connectivity index (χ3n) is 3.11. The molecule has 0 bridgehead atoms. The number of halogens is 2. The molecule has 0 radical (unpaired) electrons. The number of rotatable bonds is 6. The highest BCUT2D eigenvalue weighted by molar-refractivity contribution is 5.33. The van der Waals surface area contributed by atoms with Gasteiger partial charge in [0.2, 0.25) is 0 Å². The lowest BCUT2D eigenvalue weighted by Gasteiger charge is -2.26. The zero-order valence-electron chi connectivity index (χ0n) is 11.0. The SMILES string of the molecule is CCC(O)(CC)c1ccc(F)c(OCC(C)F)c1. The summed E-state index contributed by atoms with van der Waals surface area (Å²) >= 11 is 0. The Morgan fingerprint density at radius 2 is 1.94 bits per heavy atom. The molecule has 1 aromatic carbocycles. The highest BCUT2D eigenvalue weighted by Crippen LogP contribution is 2.32. The molecule has 0 aromatic heterocycles. The van der Waals surface area contributed by atoms with Gasteiger partial charge in [-0.25, -0.2) is 8.78 Å². The van der Waals surface area contributed by atoms with Crippen molar-refractivity contribution in [2.45, 2.75) is 45.4 Å². The van der Waals surface area contributed by atoms with Crippen molar-refractivity contribution in [3.05, 3.63) is 29.6 Å². The molecule has 1 aromatic rings. The summed E-state index contributed by atoms with van der Waals surface area (Å²) in [5.41, 5.74) is -0.400. The maximum Gasteiger partial charge on any atom is 0.165 e. The van der Waals surface area contributed by atoms with Crippen LogP contribution in [-0.2, 0) is 5.60 Å². The molecule has 1 rings (SSSR count). The second-order valence-corrected chi connectivity index (χ2v) is 4.48. The molecule has 1 atom stereocenters. The van der Waals surface area contributed by atoms with Gasteiger partial charge < -0.3 is 9.84 Å². The van der Waals surface area contributed by atoms with Crippen LogP contribution in [0.25, 0.3) is 0 Å². The minimum Gasteiger partial charge on any atom is -0.487 e. The van der Waals surface area contributed by atoms with Gasteiger partial charge in [-0.2, -0.15) is 0 Å². The monoisotopic (exact) mass is 258 g/mol. The average Bonchev–Trinajstić information content (AvgIpc) is 2.36. The van der Waals surface area contributed by atoms with Gasteiger partial charge in [-0.1, -0.05) is 19.9 Å². The van der Waals surface area contributed by atoms with Crippen molar-refractivity contribution in [1.29, 1.82) is 0 Å². The molecule has 2 nitrogen and oxygen atoms in total. The first kappa shape index (κ1) is 14.9. The lowest BCUT2D eigenvalue weighted by molar-refractivity contribution is 0.0280. The highest BCUT2D eigenvalue weighted by atomic mass is 19.1. The molecule has 0 amide bonds. The van der Waals surface area contributed by atoms with Crippen LogP contribution in [0.2, 0.25) is 0 Å². The zero-order chi connectivity index (χ0) is 13.8. The summed E-state index contributed by atoms with van der Waals surface area (Å²) < 4.78 is 31.2. The van der Waals surface area contributed by atoms with Crippen molar-refractivity contribution in [3.63, 3.8) is 0 Å². The summed E-state index contributed by atoms with van der Waals surface area (Å²) in [4.78, 5) is 0. The van der Waals surface area contributed by atoms with Gasteiger partial charge >= 0.3 is 0 Å². The van der Waals surface area contributed by atoms with Crippen molar-refractivity contribution in [2.75, 3.05) is 6.61 Å². The second kappa shape index (κ2) is 6.14. The van der Waals surface area contributed by atoms with E-state index in [2.05, 4.69) is 0 Å². The number of hydrogen-bond acceptors (Lipinski definition) is 2. The molecule has 18 heavy (non-hydrogen) atoms. The molecule has 1 N–H and O–H groups in total. The number of benzene rings is 1. The van der Waals surface area contributed by atoms with E-state index >= 15 is 0 Å². The van der Waals surface area contributed by atoms with Gasteiger partial charge in [0.25, 0.3) is 0 Å². The Morgan fingerprint density at radius 1 is 1.33 bits per heavy atom. The van der Waals surface area contributed by atoms with Crippen LogP contribution in [0.4, 0.5) is 8.78 Å². The number of alkyl halides is 1. The van der Waals surface area contributed by atoms with Crippen LogP contribution in [0.1, 0.15) is 39.2 Å². The Hall–Kier alpha value is -1.16. The molecule has 0 saturated heterocycles. The molecular weight excluding hydrogens is 238 g/mol. The Kier molecular flexibility index (Phi) is 5.08. The fourth-order valence-electron chi connectivity index (χ4n) is 1.77. The number of ether oxygens (including phenoxy) is 1. The van der Waals surface area contributed by atoms with E-state index in [1.165, 1.54) is 25.1 Å². The van der Waals surface area contributed by atoms with Gasteiger partial charge in [-0.05, 0) is 37.5 Å². The molecule has 0 aliphatic rings. The van der Waals surface area contributed by atoms with Crippen molar-refractivity contribution >= 4 is 0 Å². The smallest absolute Gasteiger partial charge is 0.165 e. The van der Waals surface area contributed by atoms with Crippen molar-refractivity contribution in [2.24, 2.45) is 0 Å². The van der Waals surface area contributed by atoms with Crippen LogP contribution in [0, 0.1) is 5.82 Å². The van der Waals surface area contributed by atoms with E-state index in [9.17, 15) is 13.9 Å². The first-order chi connectivity index (χ1) is 8.42. The van der Waals surface area contributed by atoms with Crippen LogP contribution >= 0.6 is 0 Å². The molecule has 1 unspecified atom stereocenters. The third-order valence-corrected chi connectivity index (χ3v) is 3.11. The summed E-state index contributed by atoms with van der Waals surface area (Å²) in [6, 6.07) is 4.22. The maximum absolute atomic E-state index is 13.5. The second-order valence-electron chi connectivity index (χ2n) is 4.48. The first-order valence-electron chi connectivity index (χ1n) is 6.22. The van der Waals surface area contributed by atoms with E-state index in [-0.39, 0.29) is 12.4 Å². The van der Waals surface area contributed by atoms with Crippen LogP contribution in [0.15, 0.2) is 18.2 Å². The molecule has 0 fully saturated rings. The van der Waals surface area contributed by atoms with Gasteiger partial charge in [-0.15, -0.1) is 0 Å². The molecule has 0 aliphatic carbocycles. The largest absolute Gasteiger partial charge is 0.487 e. The summed E-state index contributed by atoms with van der Waals surface area (Å²) in [5, 5.41) is 10.3. The molecule has 0 aliphatic heterocycles. The highest BCUT2D eigenvalue weighted by Gasteiger charge is 2.26. The number of hydrogen-bond donors (Lipinski definition) is 1. The van der Waals surface area contributed by atoms with E-state index in [0.717, 1.165) is 0 Å². The fourth-order valence-corrected chi connectivity index (χ4v) is 1.77. The summed E-state index contributed by atoms with van der Waals surface area (Å²) in [6.45, 7) is 4.86. The Morgan fingerprint density at radius 3 is 2.44 bits per heavy atom. The summed E-state index contributed by atoms with van der Waals surface area (Å²) in [7, 11) is 0. The Balaban J connectivity index is 2.99. The first-order valence-corrected chi connectivity index (χ1v) is 6.22. The van der Waals surface area contributed by atoms with Gasteiger partial charge in [0, 0.05) is 0 Å². The van der Waals surface area contributed by atoms with E-state index < -0.39 is 17.6 Å². The Bertz CT molecular complexity index is 387.